The molecule has 0 saturated carbocycles. The van der Waals surface area contributed by atoms with Gasteiger partial charge in [-0.1, -0.05) is 23.2 Å². The molecule has 0 amide bonds. The van der Waals surface area contributed by atoms with Crippen molar-refractivity contribution in [3.63, 3.8) is 0 Å². The van der Waals surface area contributed by atoms with Crippen molar-refractivity contribution in [3.8, 4) is 0 Å². The molecule has 19 heavy (non-hydrogen) atoms. The molecule has 2 rings (SSSR count). The van der Waals surface area contributed by atoms with Crippen molar-refractivity contribution in [3.05, 3.63) is 40.6 Å². The van der Waals surface area contributed by atoms with Crippen molar-refractivity contribution in [2.45, 2.75) is 4.90 Å². The topological polar surface area (TPSA) is 98.0 Å². The minimum absolute atomic E-state index is 0.0291. The van der Waals surface area contributed by atoms with Crippen molar-refractivity contribution in [1.29, 1.82) is 0 Å². The number of anilines is 2. The quantitative estimate of drug-likeness (QED) is 0.667. The van der Waals surface area contributed by atoms with Crippen molar-refractivity contribution in [2.24, 2.45) is 0 Å². The number of rotatable bonds is 3. The van der Waals surface area contributed by atoms with Gasteiger partial charge in [-0.25, -0.2) is 23.1 Å². The maximum absolute atomic E-state index is 12.0. The standard InChI is InChI=1S/C10H8Cl2N4O2S/c11-8-5-9(12)15-10(14-8)16-19(17,18)7-3-1-6(13)2-4-7/h1-5H,13H2,(H,14,15,16). The smallest absolute Gasteiger partial charge is 0.264 e. The van der Waals surface area contributed by atoms with Crippen LogP contribution in [0.4, 0.5) is 11.6 Å². The van der Waals surface area contributed by atoms with Crippen LogP contribution >= 0.6 is 23.2 Å². The maximum atomic E-state index is 12.0. The number of nitrogen functional groups attached to an aromatic ring is 1. The Morgan fingerprint density at radius 3 is 2.11 bits per heavy atom. The Morgan fingerprint density at radius 1 is 1.05 bits per heavy atom. The van der Waals surface area contributed by atoms with E-state index >= 15 is 0 Å². The lowest BCUT2D eigenvalue weighted by Gasteiger charge is -2.07. The third-order valence-electron chi connectivity index (χ3n) is 2.08. The molecule has 3 N–H and O–H groups in total. The molecular weight excluding hydrogens is 311 g/mol. The van der Waals surface area contributed by atoms with Crippen LogP contribution in [0.3, 0.4) is 0 Å². The van der Waals surface area contributed by atoms with Gasteiger partial charge < -0.3 is 5.73 Å². The lowest BCUT2D eigenvalue weighted by molar-refractivity contribution is 0.601. The Kier molecular flexibility index (Phi) is 3.79. The normalized spacial score (nSPS) is 11.3. The molecule has 0 aliphatic rings. The molecule has 0 aliphatic carbocycles. The fourth-order valence-corrected chi connectivity index (χ4v) is 2.63. The number of sulfonamides is 1. The number of benzene rings is 1. The summed E-state index contributed by atoms with van der Waals surface area (Å²) in [7, 11) is -3.81. The second kappa shape index (κ2) is 5.20. The van der Waals surface area contributed by atoms with Gasteiger partial charge in [-0.15, -0.1) is 0 Å². The van der Waals surface area contributed by atoms with Gasteiger partial charge in [-0.3, -0.25) is 0 Å². The zero-order valence-electron chi connectivity index (χ0n) is 9.34. The Bertz CT molecular complexity index is 684. The monoisotopic (exact) mass is 318 g/mol. The average molecular weight is 319 g/mol. The minimum Gasteiger partial charge on any atom is -0.399 e. The van der Waals surface area contributed by atoms with E-state index in [2.05, 4.69) is 14.7 Å². The third-order valence-corrected chi connectivity index (χ3v) is 3.81. The first-order valence-corrected chi connectivity index (χ1v) is 7.19. The van der Waals surface area contributed by atoms with Crippen LogP contribution in [0.2, 0.25) is 10.3 Å². The molecule has 1 heterocycles. The number of nitrogens with one attached hydrogen (secondary N) is 1. The molecule has 0 radical (unpaired) electrons. The predicted molar refractivity (Wildman–Crippen MR) is 73.7 cm³/mol. The van der Waals surface area contributed by atoms with Crippen molar-refractivity contribution < 1.29 is 8.42 Å². The lowest BCUT2D eigenvalue weighted by atomic mass is 10.3. The third kappa shape index (κ3) is 3.46. The summed E-state index contributed by atoms with van der Waals surface area (Å²) in [4.78, 5) is 7.46. The molecule has 0 saturated heterocycles. The number of hydrogen-bond donors (Lipinski definition) is 2. The van der Waals surface area contributed by atoms with Crippen molar-refractivity contribution in [1.82, 2.24) is 9.97 Å². The highest BCUT2D eigenvalue weighted by atomic mass is 35.5. The van der Waals surface area contributed by atoms with E-state index < -0.39 is 10.0 Å². The van der Waals surface area contributed by atoms with E-state index in [9.17, 15) is 8.42 Å². The summed E-state index contributed by atoms with van der Waals surface area (Å²) >= 11 is 11.3. The van der Waals surface area contributed by atoms with Gasteiger partial charge in [0.15, 0.2) is 0 Å². The number of nitrogens with two attached hydrogens (primary N) is 1. The van der Waals surface area contributed by atoms with E-state index in [0.29, 0.717) is 5.69 Å². The molecule has 9 heteroatoms. The summed E-state index contributed by atoms with van der Waals surface area (Å²) in [6, 6.07) is 6.97. The first kappa shape index (κ1) is 13.9. The summed E-state index contributed by atoms with van der Waals surface area (Å²) in [6.07, 6.45) is 0. The van der Waals surface area contributed by atoms with Gasteiger partial charge in [0.1, 0.15) is 10.3 Å². The minimum atomic E-state index is -3.81. The molecule has 0 bridgehead atoms. The zero-order valence-corrected chi connectivity index (χ0v) is 11.7. The molecule has 0 atom stereocenters. The molecule has 0 aliphatic heterocycles. The summed E-state index contributed by atoms with van der Waals surface area (Å²) in [5.74, 6) is -0.200. The maximum Gasteiger partial charge on any atom is 0.264 e. The van der Waals surface area contributed by atoms with E-state index in [1.807, 2.05) is 0 Å². The van der Waals surface area contributed by atoms with Crippen LogP contribution in [0.5, 0.6) is 0 Å². The van der Waals surface area contributed by atoms with Crippen LogP contribution in [0.25, 0.3) is 0 Å². The number of nitrogens with zero attached hydrogens (tertiary/aromatic N) is 2. The van der Waals surface area contributed by atoms with E-state index in [1.54, 1.807) is 0 Å². The van der Waals surface area contributed by atoms with Gasteiger partial charge in [-0.05, 0) is 24.3 Å². The highest BCUT2D eigenvalue weighted by Gasteiger charge is 2.16. The highest BCUT2D eigenvalue weighted by Crippen LogP contribution is 2.18. The highest BCUT2D eigenvalue weighted by molar-refractivity contribution is 7.92. The van der Waals surface area contributed by atoms with E-state index in [0.717, 1.165) is 0 Å². The molecule has 6 nitrogen and oxygen atoms in total. The molecular formula is C10H8Cl2N4O2S. The SMILES string of the molecule is Nc1ccc(S(=O)(=O)Nc2nc(Cl)cc(Cl)n2)cc1. The van der Waals surface area contributed by atoms with Crippen LogP contribution in [0, 0.1) is 0 Å². The summed E-state index contributed by atoms with van der Waals surface area (Å²) in [6.45, 7) is 0. The van der Waals surface area contributed by atoms with Crippen LogP contribution in [-0.2, 0) is 10.0 Å². The summed E-state index contributed by atoms with van der Waals surface area (Å²) in [5, 5.41) is 0.0741. The number of hydrogen-bond acceptors (Lipinski definition) is 5. The molecule has 0 unspecified atom stereocenters. The van der Waals surface area contributed by atoms with Crippen molar-refractivity contribution >= 4 is 44.9 Å². The van der Waals surface area contributed by atoms with Gasteiger partial charge in [0.05, 0.1) is 4.90 Å². The van der Waals surface area contributed by atoms with Gasteiger partial charge in [-0.2, -0.15) is 0 Å². The average Bonchev–Trinajstić information content (AvgIpc) is 2.27. The van der Waals surface area contributed by atoms with Gasteiger partial charge in [0, 0.05) is 11.8 Å². The molecule has 0 fully saturated rings. The second-order valence-corrected chi connectivity index (χ2v) is 5.97. The van der Waals surface area contributed by atoms with Crippen molar-refractivity contribution in [2.75, 3.05) is 10.5 Å². The van der Waals surface area contributed by atoms with E-state index in [-0.39, 0.29) is 21.2 Å². The molecule has 100 valence electrons. The Hall–Kier alpha value is -1.57. The van der Waals surface area contributed by atoms with Crippen LogP contribution in [0.1, 0.15) is 0 Å². The first-order valence-electron chi connectivity index (χ1n) is 4.95. The van der Waals surface area contributed by atoms with Gasteiger partial charge in [0.25, 0.3) is 10.0 Å². The Morgan fingerprint density at radius 2 is 1.58 bits per heavy atom. The second-order valence-electron chi connectivity index (χ2n) is 3.51. The fourth-order valence-electron chi connectivity index (χ4n) is 1.26. The molecule has 0 spiro atoms. The largest absolute Gasteiger partial charge is 0.399 e. The van der Waals surface area contributed by atoms with E-state index in [4.69, 9.17) is 28.9 Å². The van der Waals surface area contributed by atoms with E-state index in [1.165, 1.54) is 30.3 Å². The predicted octanol–water partition coefficient (Wildman–Crippen LogP) is 2.17. The van der Waals surface area contributed by atoms with Gasteiger partial charge in [0.2, 0.25) is 5.95 Å². The Labute approximate surface area is 119 Å². The summed E-state index contributed by atoms with van der Waals surface area (Å²) < 4.78 is 26.2. The van der Waals surface area contributed by atoms with Gasteiger partial charge >= 0.3 is 0 Å². The van der Waals surface area contributed by atoms with Crippen LogP contribution in [-0.4, -0.2) is 18.4 Å². The first-order chi connectivity index (χ1) is 8.87. The molecule has 1 aromatic heterocycles. The molecule has 1 aromatic carbocycles. The lowest BCUT2D eigenvalue weighted by Crippen LogP contribution is -2.15. The zero-order chi connectivity index (χ0) is 14.0. The Balaban J connectivity index is 2.33. The van der Waals surface area contributed by atoms with Crippen LogP contribution in [0.15, 0.2) is 35.2 Å². The number of aromatic nitrogens is 2. The number of halogens is 2. The van der Waals surface area contributed by atoms with Crippen LogP contribution < -0.4 is 10.5 Å². The molecule has 2 aromatic rings. The summed E-state index contributed by atoms with van der Waals surface area (Å²) in [5.41, 5.74) is 5.95. The fraction of sp³-hybridized carbons (Fsp3) is 0.